The second-order valence-electron chi connectivity index (χ2n) is 5.32. The lowest BCUT2D eigenvalue weighted by molar-refractivity contribution is -0.150. The number of hydrogen-bond donors (Lipinski definition) is 1. The van der Waals surface area contributed by atoms with E-state index in [2.05, 4.69) is 11.9 Å². The van der Waals surface area contributed by atoms with Crippen molar-refractivity contribution in [2.45, 2.75) is 25.9 Å². The van der Waals surface area contributed by atoms with Crippen LogP contribution in [0, 0.1) is 5.92 Å². The lowest BCUT2D eigenvalue weighted by Gasteiger charge is -2.40. The molecule has 1 aromatic carbocycles. The van der Waals surface area contributed by atoms with Gasteiger partial charge in [0.1, 0.15) is 12.1 Å². The van der Waals surface area contributed by atoms with E-state index in [9.17, 15) is 9.59 Å². The molecule has 1 saturated heterocycles. The molecule has 1 heterocycles. The van der Waals surface area contributed by atoms with Crippen LogP contribution >= 0.6 is 0 Å². The van der Waals surface area contributed by atoms with E-state index in [0.717, 1.165) is 5.56 Å². The van der Waals surface area contributed by atoms with E-state index in [-0.39, 0.29) is 17.7 Å². The van der Waals surface area contributed by atoms with Crippen LogP contribution in [0.3, 0.4) is 0 Å². The minimum atomic E-state index is -0.573. The fourth-order valence-corrected chi connectivity index (χ4v) is 2.49. The summed E-state index contributed by atoms with van der Waals surface area (Å²) in [6.07, 6.45) is 1.66. The van der Waals surface area contributed by atoms with E-state index < -0.39 is 12.1 Å². The number of rotatable bonds is 4. The molecule has 2 unspecified atom stereocenters. The first-order valence-corrected chi connectivity index (χ1v) is 6.83. The van der Waals surface area contributed by atoms with Crippen LogP contribution in [0.5, 0.6) is 0 Å². The number of carbonyl (C=O) groups is 2. The third-order valence-electron chi connectivity index (χ3n) is 3.51. The average Bonchev–Trinajstić information content (AvgIpc) is 2.43. The van der Waals surface area contributed by atoms with Crippen molar-refractivity contribution >= 4 is 11.8 Å². The molecule has 1 aromatic rings. The second kappa shape index (κ2) is 5.90. The van der Waals surface area contributed by atoms with E-state index >= 15 is 0 Å². The maximum Gasteiger partial charge on any atom is 0.248 e. The first-order valence-electron chi connectivity index (χ1n) is 6.83. The molecule has 0 radical (unpaired) electrons. The van der Waals surface area contributed by atoms with Gasteiger partial charge in [0.15, 0.2) is 0 Å². The molecule has 0 aliphatic carbocycles. The van der Waals surface area contributed by atoms with Crippen molar-refractivity contribution in [1.29, 1.82) is 0 Å². The van der Waals surface area contributed by atoms with E-state index in [0.29, 0.717) is 6.54 Å². The summed E-state index contributed by atoms with van der Waals surface area (Å²) in [7, 11) is 0. The summed E-state index contributed by atoms with van der Waals surface area (Å²) in [5, 5.41) is 2.84. The van der Waals surface area contributed by atoms with Gasteiger partial charge in [0.25, 0.3) is 0 Å². The van der Waals surface area contributed by atoms with Crippen LogP contribution in [0.25, 0.3) is 0 Å². The number of amides is 2. The summed E-state index contributed by atoms with van der Waals surface area (Å²) in [4.78, 5) is 26.6. The maximum absolute atomic E-state index is 12.5. The first kappa shape index (κ1) is 14.3. The minimum Gasteiger partial charge on any atom is -0.342 e. The van der Waals surface area contributed by atoms with E-state index in [1.807, 2.05) is 44.2 Å². The Kier molecular flexibility index (Phi) is 4.23. The van der Waals surface area contributed by atoms with Gasteiger partial charge in [-0.15, -0.1) is 6.58 Å². The molecule has 1 fully saturated rings. The lowest BCUT2D eigenvalue weighted by atomic mass is 9.94. The van der Waals surface area contributed by atoms with Gasteiger partial charge in [-0.05, 0) is 11.5 Å². The van der Waals surface area contributed by atoms with Crippen molar-refractivity contribution in [3.05, 3.63) is 48.6 Å². The third kappa shape index (κ3) is 2.59. The van der Waals surface area contributed by atoms with Crippen LogP contribution in [-0.4, -0.2) is 29.3 Å². The van der Waals surface area contributed by atoms with Gasteiger partial charge in [0.2, 0.25) is 11.8 Å². The first-order chi connectivity index (χ1) is 9.56. The van der Waals surface area contributed by atoms with Crippen molar-refractivity contribution in [3.63, 3.8) is 0 Å². The summed E-state index contributed by atoms with van der Waals surface area (Å²) in [6, 6.07) is 8.33. The fraction of sp³-hybridized carbons (Fsp3) is 0.375. The SMILES string of the molecule is C=CCN1C(=O)C(C(C)C)NC(=O)C1c1ccccc1. The van der Waals surface area contributed by atoms with Crippen LogP contribution in [0.1, 0.15) is 25.5 Å². The smallest absolute Gasteiger partial charge is 0.248 e. The molecule has 1 aliphatic heterocycles. The van der Waals surface area contributed by atoms with Crippen LogP contribution in [-0.2, 0) is 9.59 Å². The van der Waals surface area contributed by atoms with Gasteiger partial charge in [0, 0.05) is 6.54 Å². The van der Waals surface area contributed by atoms with Gasteiger partial charge in [-0.1, -0.05) is 50.3 Å². The largest absolute Gasteiger partial charge is 0.342 e. The molecule has 4 nitrogen and oxygen atoms in total. The van der Waals surface area contributed by atoms with Gasteiger partial charge < -0.3 is 10.2 Å². The van der Waals surface area contributed by atoms with Gasteiger partial charge in [-0.25, -0.2) is 0 Å². The number of nitrogens with zero attached hydrogens (tertiary/aromatic N) is 1. The second-order valence-corrected chi connectivity index (χ2v) is 5.32. The standard InChI is InChI=1S/C16H20N2O2/c1-4-10-18-14(12-8-6-5-7-9-12)15(19)17-13(11(2)3)16(18)20/h4-9,11,13-14H,1,10H2,2-3H3,(H,17,19). The summed E-state index contributed by atoms with van der Waals surface area (Å²) in [5.74, 6) is -0.111. The lowest BCUT2D eigenvalue weighted by Crippen LogP contribution is -2.61. The Morgan fingerprint density at radius 1 is 1.30 bits per heavy atom. The Morgan fingerprint density at radius 2 is 1.95 bits per heavy atom. The molecular weight excluding hydrogens is 252 g/mol. The Balaban J connectivity index is 2.38. The molecule has 1 N–H and O–H groups in total. The highest BCUT2D eigenvalue weighted by molar-refractivity contribution is 5.97. The average molecular weight is 272 g/mol. The highest BCUT2D eigenvalue weighted by Gasteiger charge is 2.41. The van der Waals surface area contributed by atoms with Crippen molar-refractivity contribution in [2.24, 2.45) is 5.92 Å². The normalized spacial score (nSPS) is 22.9. The Hall–Kier alpha value is -2.10. The molecule has 1 aliphatic rings. The Morgan fingerprint density at radius 3 is 2.50 bits per heavy atom. The Labute approximate surface area is 119 Å². The summed E-state index contributed by atoms with van der Waals surface area (Å²) in [5.41, 5.74) is 0.822. The van der Waals surface area contributed by atoms with Crippen LogP contribution in [0.4, 0.5) is 0 Å². The van der Waals surface area contributed by atoms with Crippen LogP contribution in [0.15, 0.2) is 43.0 Å². The molecule has 0 saturated carbocycles. The molecule has 0 spiro atoms. The topological polar surface area (TPSA) is 49.4 Å². The fourth-order valence-electron chi connectivity index (χ4n) is 2.49. The van der Waals surface area contributed by atoms with Gasteiger partial charge in [-0.2, -0.15) is 0 Å². The number of benzene rings is 1. The zero-order valence-corrected chi connectivity index (χ0v) is 11.9. The van der Waals surface area contributed by atoms with Gasteiger partial charge >= 0.3 is 0 Å². The zero-order valence-electron chi connectivity index (χ0n) is 11.9. The predicted octanol–water partition coefficient (Wildman–Crippen LogP) is 1.90. The van der Waals surface area contributed by atoms with Crippen molar-refractivity contribution in [3.8, 4) is 0 Å². The molecule has 20 heavy (non-hydrogen) atoms. The number of piperazine rings is 1. The van der Waals surface area contributed by atoms with Gasteiger partial charge in [-0.3, -0.25) is 9.59 Å². The highest BCUT2D eigenvalue weighted by atomic mass is 16.2. The van der Waals surface area contributed by atoms with Gasteiger partial charge in [0.05, 0.1) is 0 Å². The molecule has 0 bridgehead atoms. The minimum absolute atomic E-state index is 0.0478. The summed E-state index contributed by atoms with van der Waals surface area (Å²) < 4.78 is 0. The quantitative estimate of drug-likeness (QED) is 0.851. The number of carbonyl (C=O) groups excluding carboxylic acids is 2. The molecule has 2 amide bonds. The molecule has 4 heteroatoms. The molecule has 2 rings (SSSR count). The van der Waals surface area contributed by atoms with Crippen LogP contribution < -0.4 is 5.32 Å². The highest BCUT2D eigenvalue weighted by Crippen LogP contribution is 2.27. The summed E-state index contributed by atoms with van der Waals surface area (Å²) >= 11 is 0. The summed E-state index contributed by atoms with van der Waals surface area (Å²) in [6.45, 7) is 7.91. The number of nitrogens with one attached hydrogen (secondary N) is 1. The van der Waals surface area contributed by atoms with E-state index in [4.69, 9.17) is 0 Å². The van der Waals surface area contributed by atoms with Crippen molar-refractivity contribution < 1.29 is 9.59 Å². The molecule has 2 atom stereocenters. The van der Waals surface area contributed by atoms with E-state index in [1.165, 1.54) is 0 Å². The predicted molar refractivity (Wildman–Crippen MR) is 77.9 cm³/mol. The van der Waals surface area contributed by atoms with Crippen LogP contribution in [0.2, 0.25) is 0 Å². The molecule has 106 valence electrons. The van der Waals surface area contributed by atoms with E-state index in [1.54, 1.807) is 11.0 Å². The van der Waals surface area contributed by atoms with Crippen molar-refractivity contribution in [1.82, 2.24) is 10.2 Å². The number of hydrogen-bond acceptors (Lipinski definition) is 2. The molecular formula is C16H20N2O2. The monoisotopic (exact) mass is 272 g/mol. The van der Waals surface area contributed by atoms with Crippen molar-refractivity contribution in [2.75, 3.05) is 6.54 Å². The Bertz CT molecular complexity index is 510. The maximum atomic E-state index is 12.5. The molecule has 0 aromatic heterocycles. The zero-order chi connectivity index (χ0) is 14.7. The third-order valence-corrected chi connectivity index (χ3v) is 3.51.